The van der Waals surface area contributed by atoms with Crippen molar-refractivity contribution < 1.29 is 14.7 Å². The molecule has 6 heteroatoms. The van der Waals surface area contributed by atoms with E-state index in [1.807, 2.05) is 50.6 Å². The van der Waals surface area contributed by atoms with Gasteiger partial charge in [0.25, 0.3) is 0 Å². The third-order valence-corrected chi connectivity index (χ3v) is 5.43. The summed E-state index contributed by atoms with van der Waals surface area (Å²) in [5.41, 5.74) is 6.05. The summed E-state index contributed by atoms with van der Waals surface area (Å²) in [4.78, 5) is 23.2. The van der Waals surface area contributed by atoms with Gasteiger partial charge in [-0.1, -0.05) is 23.7 Å². The van der Waals surface area contributed by atoms with Gasteiger partial charge in [-0.3, -0.25) is 4.79 Å². The Bertz CT molecular complexity index is 1070. The fraction of sp³-hybridized carbons (Fsp3) is 0.273. The maximum absolute atomic E-state index is 11.6. The highest BCUT2D eigenvalue weighted by atomic mass is 35.5. The zero-order valence-electron chi connectivity index (χ0n) is 16.3. The Labute approximate surface area is 168 Å². The number of carboxylic acids is 1. The van der Waals surface area contributed by atoms with Crippen molar-refractivity contribution in [2.75, 3.05) is 12.4 Å². The lowest BCUT2D eigenvalue weighted by atomic mass is 9.89. The summed E-state index contributed by atoms with van der Waals surface area (Å²) in [6.45, 7) is 5.72. The number of carboxylic acid groups (broad SMARTS) is 1. The van der Waals surface area contributed by atoms with E-state index in [1.54, 1.807) is 12.1 Å². The van der Waals surface area contributed by atoms with Gasteiger partial charge in [-0.15, -0.1) is 0 Å². The maximum atomic E-state index is 11.6. The van der Waals surface area contributed by atoms with Crippen LogP contribution in [0, 0.1) is 13.8 Å². The minimum atomic E-state index is -0.892. The molecule has 2 N–H and O–H groups in total. The molecule has 0 radical (unpaired) electrons. The molecule has 0 bridgehead atoms. The second-order valence-electron chi connectivity index (χ2n) is 6.98. The number of aldehydes is 1. The highest BCUT2D eigenvalue weighted by Crippen LogP contribution is 2.42. The molecule has 0 spiro atoms. The molecule has 1 aromatic heterocycles. The van der Waals surface area contributed by atoms with E-state index in [2.05, 4.69) is 5.32 Å². The average molecular weight is 399 g/mol. The van der Waals surface area contributed by atoms with Crippen molar-refractivity contribution in [2.45, 2.75) is 33.2 Å². The number of carbonyl (C=O) groups is 2. The number of rotatable bonds is 6. The van der Waals surface area contributed by atoms with Crippen molar-refractivity contribution in [1.82, 2.24) is 4.57 Å². The van der Waals surface area contributed by atoms with Crippen molar-refractivity contribution in [1.29, 1.82) is 0 Å². The molecular formula is C22H23ClN2O3. The number of fused-ring (bicyclic) bond motifs is 1. The van der Waals surface area contributed by atoms with Gasteiger partial charge in [0.15, 0.2) is 0 Å². The molecule has 0 saturated heterocycles. The van der Waals surface area contributed by atoms with Gasteiger partial charge in [-0.25, -0.2) is 0 Å². The highest BCUT2D eigenvalue weighted by Gasteiger charge is 2.24. The number of benzene rings is 2. The largest absolute Gasteiger partial charge is 0.481 e. The fourth-order valence-corrected chi connectivity index (χ4v) is 4.11. The van der Waals surface area contributed by atoms with Crippen LogP contribution in [0.4, 0.5) is 5.69 Å². The molecule has 0 amide bonds. The zero-order chi connectivity index (χ0) is 20.6. The third kappa shape index (κ3) is 3.27. The Balaban J connectivity index is 2.52. The highest BCUT2D eigenvalue weighted by molar-refractivity contribution is 6.30. The van der Waals surface area contributed by atoms with Crippen molar-refractivity contribution >= 4 is 40.4 Å². The van der Waals surface area contributed by atoms with E-state index in [1.165, 1.54) is 0 Å². The molecule has 1 unspecified atom stereocenters. The second-order valence-corrected chi connectivity index (χ2v) is 7.41. The van der Waals surface area contributed by atoms with E-state index < -0.39 is 5.97 Å². The molecule has 3 aromatic rings. The number of anilines is 1. The van der Waals surface area contributed by atoms with Gasteiger partial charge in [0.05, 0.1) is 23.7 Å². The first-order valence-electron chi connectivity index (χ1n) is 9.07. The Kier molecular flexibility index (Phi) is 5.47. The van der Waals surface area contributed by atoms with E-state index in [4.69, 9.17) is 11.6 Å². The van der Waals surface area contributed by atoms with Crippen LogP contribution in [0.25, 0.3) is 22.0 Å². The van der Waals surface area contributed by atoms with Gasteiger partial charge in [0, 0.05) is 23.2 Å². The van der Waals surface area contributed by atoms with E-state index in [9.17, 15) is 14.7 Å². The summed E-state index contributed by atoms with van der Waals surface area (Å²) in [5, 5.41) is 14.3. The molecular weight excluding hydrogens is 376 g/mol. The number of hydrogen-bond acceptors (Lipinski definition) is 3. The lowest BCUT2D eigenvalue weighted by Crippen LogP contribution is -2.11. The SMILES string of the molecule is CNc1c(C)c(CC(=O)O)c(-c2ccc(Cl)cc2)c2cc(C)n(C(C)C=O)c12. The van der Waals surface area contributed by atoms with E-state index in [0.29, 0.717) is 5.02 Å². The van der Waals surface area contributed by atoms with E-state index in [0.717, 1.165) is 50.8 Å². The zero-order valence-corrected chi connectivity index (χ0v) is 17.1. The van der Waals surface area contributed by atoms with Gasteiger partial charge >= 0.3 is 5.97 Å². The summed E-state index contributed by atoms with van der Waals surface area (Å²) in [7, 11) is 1.81. The van der Waals surface area contributed by atoms with Crippen molar-refractivity contribution in [3.8, 4) is 11.1 Å². The van der Waals surface area contributed by atoms with Crippen LogP contribution < -0.4 is 5.32 Å². The van der Waals surface area contributed by atoms with Gasteiger partial charge in [0.1, 0.15) is 6.29 Å². The summed E-state index contributed by atoms with van der Waals surface area (Å²) >= 11 is 6.06. The Morgan fingerprint density at radius 3 is 2.46 bits per heavy atom. The number of aromatic nitrogens is 1. The number of nitrogens with zero attached hydrogens (tertiary/aromatic N) is 1. The summed E-state index contributed by atoms with van der Waals surface area (Å²) in [6, 6.07) is 9.07. The summed E-state index contributed by atoms with van der Waals surface area (Å²) in [6.07, 6.45) is 0.816. The molecule has 0 aliphatic rings. The Hall–Kier alpha value is -2.79. The van der Waals surface area contributed by atoms with Crippen molar-refractivity contribution in [3.05, 3.63) is 52.2 Å². The number of aliphatic carboxylic acids is 1. The normalized spacial score (nSPS) is 12.2. The molecule has 1 atom stereocenters. The lowest BCUT2D eigenvalue weighted by Gasteiger charge is -2.21. The van der Waals surface area contributed by atoms with Crippen molar-refractivity contribution in [3.63, 3.8) is 0 Å². The molecule has 1 heterocycles. The van der Waals surface area contributed by atoms with Crippen LogP contribution >= 0.6 is 11.6 Å². The van der Waals surface area contributed by atoms with Crippen LogP contribution in [-0.4, -0.2) is 29.0 Å². The van der Waals surface area contributed by atoms with Crippen LogP contribution in [0.1, 0.15) is 29.8 Å². The molecule has 0 aliphatic heterocycles. The Morgan fingerprint density at radius 1 is 1.29 bits per heavy atom. The van der Waals surface area contributed by atoms with Crippen LogP contribution in [0.15, 0.2) is 30.3 Å². The predicted octanol–water partition coefficient (Wildman–Crippen LogP) is 5.01. The topological polar surface area (TPSA) is 71.3 Å². The molecule has 5 nitrogen and oxygen atoms in total. The van der Waals surface area contributed by atoms with Crippen LogP contribution in [0.3, 0.4) is 0 Å². The average Bonchev–Trinajstić information content (AvgIpc) is 2.99. The first kappa shape index (κ1) is 20.0. The van der Waals surface area contributed by atoms with Gasteiger partial charge < -0.3 is 19.8 Å². The molecule has 146 valence electrons. The van der Waals surface area contributed by atoms with E-state index in [-0.39, 0.29) is 12.5 Å². The van der Waals surface area contributed by atoms with E-state index >= 15 is 0 Å². The third-order valence-electron chi connectivity index (χ3n) is 5.18. The first-order chi connectivity index (χ1) is 13.3. The molecule has 3 rings (SSSR count). The standard InChI is InChI=1S/C22H23ClN2O3/c1-12-9-18-20(15-5-7-16(23)8-6-15)17(10-19(27)28)14(3)21(24-4)22(18)25(12)13(2)11-26/h5-9,11,13,24H,10H2,1-4H3,(H,27,28). The fourth-order valence-electron chi connectivity index (χ4n) is 3.99. The minimum absolute atomic E-state index is 0.0954. The van der Waals surface area contributed by atoms with Gasteiger partial charge in [0.2, 0.25) is 0 Å². The number of hydrogen-bond donors (Lipinski definition) is 2. The van der Waals surface area contributed by atoms with Crippen molar-refractivity contribution in [2.24, 2.45) is 0 Å². The smallest absolute Gasteiger partial charge is 0.307 e. The quantitative estimate of drug-likeness (QED) is 0.573. The second kappa shape index (κ2) is 7.68. The molecule has 0 saturated carbocycles. The summed E-state index contributed by atoms with van der Waals surface area (Å²) in [5.74, 6) is -0.892. The van der Waals surface area contributed by atoms with Crippen LogP contribution in [0.5, 0.6) is 0 Å². The number of nitrogens with one attached hydrogen (secondary N) is 1. The summed E-state index contributed by atoms with van der Waals surface area (Å²) < 4.78 is 1.99. The van der Waals surface area contributed by atoms with Gasteiger partial charge in [-0.2, -0.15) is 0 Å². The minimum Gasteiger partial charge on any atom is -0.481 e. The maximum Gasteiger partial charge on any atom is 0.307 e. The van der Waals surface area contributed by atoms with Crippen LogP contribution in [-0.2, 0) is 16.0 Å². The monoisotopic (exact) mass is 398 g/mol. The number of carbonyl (C=O) groups excluding carboxylic acids is 1. The lowest BCUT2D eigenvalue weighted by molar-refractivity contribution is -0.136. The van der Waals surface area contributed by atoms with Crippen LogP contribution in [0.2, 0.25) is 5.02 Å². The first-order valence-corrected chi connectivity index (χ1v) is 9.45. The molecule has 28 heavy (non-hydrogen) atoms. The van der Waals surface area contributed by atoms with Gasteiger partial charge in [-0.05, 0) is 61.2 Å². The number of halogens is 1. The molecule has 0 aliphatic carbocycles. The number of aryl methyl sites for hydroxylation is 1. The molecule has 2 aromatic carbocycles. The molecule has 0 fully saturated rings. The Morgan fingerprint density at radius 2 is 1.93 bits per heavy atom. The predicted molar refractivity (Wildman–Crippen MR) is 114 cm³/mol.